The summed E-state index contributed by atoms with van der Waals surface area (Å²) in [5.41, 5.74) is 8.46. The average Bonchev–Trinajstić information content (AvgIpc) is 3.32. The zero-order chi connectivity index (χ0) is 28.9. The molecule has 0 radical (unpaired) electrons. The Kier molecular flexibility index (Phi) is 8.75. The standard InChI is InChI=1S/C32H41N7O2/c1-6-31(40)36-26-19-25(24(33-3)20-28(26)38(7-2)15-14-37(4)5)35-30-18-22(12-13-34-30)32-23-10-8-9-11-27(23)39-16-17-41-21-29(32)39/h6,8-13,19-20,30,33,35H,1,7,14-18,21H2,2-5H3,(H,36,40). The predicted molar refractivity (Wildman–Crippen MR) is 171 cm³/mol. The second-order valence-corrected chi connectivity index (χ2v) is 10.6. The molecule has 5 rings (SSSR count). The van der Waals surface area contributed by atoms with Gasteiger partial charge in [-0.3, -0.25) is 9.79 Å². The Bertz CT molecular complexity index is 1490. The van der Waals surface area contributed by atoms with E-state index < -0.39 is 0 Å². The zero-order valence-corrected chi connectivity index (χ0v) is 24.5. The molecule has 0 spiro atoms. The van der Waals surface area contributed by atoms with Crippen LogP contribution in [0.4, 0.5) is 22.7 Å². The lowest BCUT2D eigenvalue weighted by atomic mass is 9.96. The molecule has 9 heteroatoms. The fourth-order valence-corrected chi connectivity index (χ4v) is 5.69. The molecule has 2 aliphatic heterocycles. The summed E-state index contributed by atoms with van der Waals surface area (Å²) in [5, 5.41) is 11.3. The molecule has 0 bridgehead atoms. The van der Waals surface area contributed by atoms with Gasteiger partial charge in [-0.1, -0.05) is 24.8 Å². The Morgan fingerprint density at radius 2 is 2.02 bits per heavy atom. The second kappa shape index (κ2) is 12.6. The molecule has 3 heterocycles. The van der Waals surface area contributed by atoms with Crippen molar-refractivity contribution < 1.29 is 9.53 Å². The van der Waals surface area contributed by atoms with Crippen LogP contribution in [0.15, 0.2) is 60.1 Å². The lowest BCUT2D eigenvalue weighted by molar-refractivity contribution is -0.111. The average molecular weight is 556 g/mol. The number of hydrogen-bond acceptors (Lipinski definition) is 7. The normalized spacial score (nSPS) is 16.3. The molecular formula is C32H41N7O2. The first-order valence-corrected chi connectivity index (χ1v) is 14.3. The van der Waals surface area contributed by atoms with Crippen LogP contribution in [-0.4, -0.2) is 75.1 Å². The van der Waals surface area contributed by atoms with Gasteiger partial charge >= 0.3 is 0 Å². The van der Waals surface area contributed by atoms with Crippen LogP contribution in [0.3, 0.4) is 0 Å². The largest absolute Gasteiger partial charge is 0.386 e. The number of ether oxygens (including phenoxy) is 1. The van der Waals surface area contributed by atoms with E-state index >= 15 is 0 Å². The number of aromatic nitrogens is 1. The van der Waals surface area contributed by atoms with Gasteiger partial charge in [-0.15, -0.1) is 0 Å². The predicted octanol–water partition coefficient (Wildman–Crippen LogP) is 5.02. The SMILES string of the molecule is C=CC(=O)Nc1cc(NC2CC(c3c4n(c5ccccc35)CCOC4)=CC=N2)c(NC)cc1N(CC)CCN(C)C. The highest BCUT2D eigenvalue weighted by Crippen LogP contribution is 2.39. The molecule has 1 aromatic heterocycles. The summed E-state index contributed by atoms with van der Waals surface area (Å²) in [6.07, 6.45) is 5.87. The number of para-hydroxylation sites is 1. The molecule has 1 atom stereocenters. The Morgan fingerprint density at radius 3 is 2.78 bits per heavy atom. The van der Waals surface area contributed by atoms with Gasteiger partial charge in [0.05, 0.1) is 41.7 Å². The molecule has 0 aliphatic carbocycles. The number of anilines is 4. The van der Waals surface area contributed by atoms with Gasteiger partial charge in [0.2, 0.25) is 5.91 Å². The van der Waals surface area contributed by atoms with E-state index in [1.54, 1.807) is 0 Å². The minimum Gasteiger partial charge on any atom is -0.386 e. The summed E-state index contributed by atoms with van der Waals surface area (Å²) >= 11 is 0. The Morgan fingerprint density at radius 1 is 1.20 bits per heavy atom. The van der Waals surface area contributed by atoms with E-state index in [9.17, 15) is 4.79 Å². The number of dihydropyridines is 1. The molecule has 2 aliphatic rings. The van der Waals surface area contributed by atoms with E-state index in [-0.39, 0.29) is 12.1 Å². The number of amides is 1. The fourth-order valence-electron chi connectivity index (χ4n) is 5.69. The number of allylic oxidation sites excluding steroid dienone is 1. The number of carbonyl (C=O) groups is 1. The fraction of sp³-hybridized carbons (Fsp3) is 0.375. The van der Waals surface area contributed by atoms with Gasteiger partial charge in [0, 0.05) is 62.3 Å². The van der Waals surface area contributed by atoms with Crippen LogP contribution >= 0.6 is 0 Å². The molecule has 2 aromatic carbocycles. The molecule has 1 unspecified atom stereocenters. The minimum atomic E-state index is -0.244. The van der Waals surface area contributed by atoms with E-state index in [1.165, 1.54) is 33.8 Å². The van der Waals surface area contributed by atoms with Gasteiger partial charge in [0.15, 0.2) is 0 Å². The third-order valence-electron chi connectivity index (χ3n) is 7.76. The Hall–Kier alpha value is -4.08. The van der Waals surface area contributed by atoms with Gasteiger partial charge in [0.1, 0.15) is 6.17 Å². The van der Waals surface area contributed by atoms with Crippen molar-refractivity contribution in [3.05, 3.63) is 66.4 Å². The molecule has 3 aromatic rings. The van der Waals surface area contributed by atoms with E-state index in [1.807, 2.05) is 19.3 Å². The van der Waals surface area contributed by atoms with Crippen LogP contribution in [0, 0.1) is 0 Å². The van der Waals surface area contributed by atoms with Crippen molar-refractivity contribution in [2.24, 2.45) is 4.99 Å². The van der Waals surface area contributed by atoms with E-state index in [0.717, 1.165) is 62.0 Å². The first-order chi connectivity index (χ1) is 19.9. The lowest BCUT2D eigenvalue weighted by Crippen LogP contribution is -2.32. The smallest absolute Gasteiger partial charge is 0.247 e. The molecule has 41 heavy (non-hydrogen) atoms. The molecule has 0 saturated carbocycles. The van der Waals surface area contributed by atoms with Gasteiger partial charge in [0.25, 0.3) is 0 Å². The number of nitrogens with one attached hydrogen (secondary N) is 3. The maximum absolute atomic E-state index is 12.4. The van der Waals surface area contributed by atoms with Gasteiger partial charge < -0.3 is 35.1 Å². The maximum Gasteiger partial charge on any atom is 0.247 e. The molecular weight excluding hydrogens is 514 g/mol. The first-order valence-electron chi connectivity index (χ1n) is 14.3. The number of nitrogens with zero attached hydrogens (tertiary/aromatic N) is 4. The second-order valence-electron chi connectivity index (χ2n) is 10.6. The zero-order valence-electron chi connectivity index (χ0n) is 24.5. The summed E-state index contributed by atoms with van der Waals surface area (Å²) in [5.74, 6) is -0.244. The van der Waals surface area contributed by atoms with Crippen molar-refractivity contribution in [3.8, 4) is 0 Å². The van der Waals surface area contributed by atoms with Crippen molar-refractivity contribution in [3.63, 3.8) is 0 Å². The third-order valence-corrected chi connectivity index (χ3v) is 7.76. The highest BCUT2D eigenvalue weighted by Gasteiger charge is 2.25. The summed E-state index contributed by atoms with van der Waals surface area (Å²) < 4.78 is 8.27. The van der Waals surface area contributed by atoms with Gasteiger partial charge in [-0.2, -0.15) is 0 Å². The van der Waals surface area contributed by atoms with E-state index in [4.69, 9.17) is 9.73 Å². The van der Waals surface area contributed by atoms with Crippen LogP contribution in [-0.2, 0) is 22.7 Å². The van der Waals surface area contributed by atoms with Crippen molar-refractivity contribution in [2.45, 2.75) is 32.7 Å². The maximum atomic E-state index is 12.4. The molecule has 0 saturated heterocycles. The van der Waals surface area contributed by atoms with Crippen LogP contribution in [0.25, 0.3) is 16.5 Å². The van der Waals surface area contributed by atoms with Crippen LogP contribution < -0.4 is 20.9 Å². The Labute approximate surface area is 242 Å². The van der Waals surface area contributed by atoms with Crippen LogP contribution in [0.1, 0.15) is 24.6 Å². The van der Waals surface area contributed by atoms with Crippen molar-refractivity contribution in [2.75, 3.05) is 68.2 Å². The van der Waals surface area contributed by atoms with Crippen LogP contribution in [0.5, 0.6) is 0 Å². The van der Waals surface area contributed by atoms with Gasteiger partial charge in [-0.05, 0) is 56.9 Å². The van der Waals surface area contributed by atoms with Crippen molar-refractivity contribution >= 4 is 51.3 Å². The third kappa shape index (κ3) is 6.01. The molecule has 1 amide bonds. The first kappa shape index (κ1) is 28.4. The molecule has 216 valence electrons. The van der Waals surface area contributed by atoms with E-state index in [0.29, 0.717) is 6.61 Å². The number of fused-ring (bicyclic) bond motifs is 3. The molecule has 0 fully saturated rings. The highest BCUT2D eigenvalue weighted by molar-refractivity contribution is 6.03. The summed E-state index contributed by atoms with van der Waals surface area (Å²) in [6, 6.07) is 12.7. The highest BCUT2D eigenvalue weighted by atomic mass is 16.5. The Balaban J connectivity index is 1.46. The monoisotopic (exact) mass is 555 g/mol. The number of aliphatic imine (C=N–C) groups is 1. The molecule has 9 nitrogen and oxygen atoms in total. The topological polar surface area (TPSA) is 86.2 Å². The summed E-state index contributed by atoms with van der Waals surface area (Å²) in [7, 11) is 6.04. The molecule has 3 N–H and O–H groups in total. The minimum absolute atomic E-state index is 0.175. The van der Waals surface area contributed by atoms with Gasteiger partial charge in [-0.25, -0.2) is 0 Å². The number of benzene rings is 2. The van der Waals surface area contributed by atoms with Crippen LogP contribution in [0.2, 0.25) is 0 Å². The van der Waals surface area contributed by atoms with Crippen molar-refractivity contribution in [1.82, 2.24) is 9.47 Å². The number of rotatable bonds is 11. The summed E-state index contributed by atoms with van der Waals surface area (Å²) in [4.78, 5) is 21.6. The number of carbonyl (C=O) groups excluding carboxylic acids is 1. The quantitative estimate of drug-likeness (QED) is 0.288. The number of likely N-dealkylation sites (N-methyl/N-ethyl adjacent to an activating group) is 2. The van der Waals surface area contributed by atoms with Crippen molar-refractivity contribution in [1.29, 1.82) is 0 Å². The lowest BCUT2D eigenvalue weighted by Gasteiger charge is -2.29. The number of hydrogen-bond donors (Lipinski definition) is 3. The summed E-state index contributed by atoms with van der Waals surface area (Å²) in [6.45, 7) is 10.5. The van der Waals surface area contributed by atoms with E-state index in [2.05, 4.69) is 94.3 Å².